The number of carbonyl (C=O) groups is 1. The Morgan fingerprint density at radius 1 is 1.37 bits per heavy atom. The van der Waals surface area contributed by atoms with Gasteiger partial charge in [0, 0.05) is 36.4 Å². The molecule has 0 aromatic carbocycles. The van der Waals surface area contributed by atoms with E-state index >= 15 is 0 Å². The molecule has 0 bridgehead atoms. The van der Waals surface area contributed by atoms with Gasteiger partial charge in [-0.1, -0.05) is 0 Å². The van der Waals surface area contributed by atoms with E-state index < -0.39 is 43.0 Å². The number of amides is 1. The number of aliphatic hydroxyl groups is 1. The van der Waals surface area contributed by atoms with Crippen LogP contribution in [0.25, 0.3) is 0 Å². The summed E-state index contributed by atoms with van der Waals surface area (Å²) in [5.41, 5.74) is 5.62. The van der Waals surface area contributed by atoms with E-state index in [9.17, 15) is 31.9 Å². The molecule has 1 saturated heterocycles. The number of hydrogen-bond acceptors (Lipinski definition) is 9. The quantitative estimate of drug-likeness (QED) is 0.131. The molecule has 1 fully saturated rings. The van der Waals surface area contributed by atoms with Crippen LogP contribution < -0.4 is 27.0 Å². The van der Waals surface area contributed by atoms with Crippen molar-refractivity contribution < 1.29 is 36.6 Å². The second-order valence-electron chi connectivity index (χ2n) is 7.72. The maximum atomic E-state index is 13.1. The van der Waals surface area contributed by atoms with Crippen LogP contribution in [0.5, 0.6) is 0 Å². The number of rotatable bonds is 12. The fourth-order valence-electron chi connectivity index (χ4n) is 3.37. The third-order valence-corrected chi connectivity index (χ3v) is 6.41. The van der Waals surface area contributed by atoms with Crippen molar-refractivity contribution in [1.29, 1.82) is 0 Å². The van der Waals surface area contributed by atoms with E-state index in [4.69, 9.17) is 10.5 Å². The maximum absolute atomic E-state index is 13.1. The van der Waals surface area contributed by atoms with Crippen LogP contribution in [0.2, 0.25) is 0 Å². The van der Waals surface area contributed by atoms with Gasteiger partial charge in [-0.25, -0.2) is 8.78 Å². The second kappa shape index (κ2) is 13.4. The fraction of sp³-hybridized carbons (Fsp3) is 0.650. The first-order valence-electron chi connectivity index (χ1n) is 10.8. The van der Waals surface area contributed by atoms with Crippen LogP contribution >= 0.6 is 11.3 Å². The molecule has 1 aromatic heterocycles. The first kappa shape index (κ1) is 29.4. The lowest BCUT2D eigenvalue weighted by Gasteiger charge is -2.36. The molecule has 0 aliphatic carbocycles. The number of hydrogen-bond donors (Lipinski definition) is 6. The van der Waals surface area contributed by atoms with Gasteiger partial charge in [-0.05, 0) is 25.3 Å². The Hall–Kier alpha value is -1.88. The summed E-state index contributed by atoms with van der Waals surface area (Å²) in [5.74, 6) is -0.569. The van der Waals surface area contributed by atoms with Crippen LogP contribution in [-0.2, 0) is 16.1 Å². The maximum Gasteiger partial charge on any atom is 0.407 e. The number of carbonyl (C=O) groups excluding carboxylic acids is 1. The summed E-state index contributed by atoms with van der Waals surface area (Å²) < 4.78 is 69.8. The Labute approximate surface area is 203 Å². The van der Waals surface area contributed by atoms with E-state index in [2.05, 4.69) is 21.3 Å². The van der Waals surface area contributed by atoms with Crippen LogP contribution in [0.1, 0.15) is 15.9 Å². The number of aliphatic hydroxyl groups excluding tert-OH is 1. The molecule has 7 N–H and O–H groups in total. The molecule has 1 aliphatic rings. The highest BCUT2D eigenvalue weighted by Crippen LogP contribution is 2.23. The molecule has 4 unspecified atom stereocenters. The Morgan fingerprint density at radius 3 is 2.69 bits per heavy atom. The van der Waals surface area contributed by atoms with Crippen molar-refractivity contribution in [3.8, 4) is 0 Å². The third-order valence-electron chi connectivity index (χ3n) is 5.24. The van der Waals surface area contributed by atoms with Gasteiger partial charge in [0.15, 0.2) is 6.23 Å². The van der Waals surface area contributed by atoms with Gasteiger partial charge in [-0.3, -0.25) is 10.1 Å². The lowest BCUT2D eigenvalue weighted by atomic mass is 10.1. The van der Waals surface area contributed by atoms with Gasteiger partial charge in [0.25, 0.3) is 12.3 Å². The van der Waals surface area contributed by atoms with E-state index in [0.29, 0.717) is 18.0 Å². The van der Waals surface area contributed by atoms with Gasteiger partial charge in [0.05, 0.1) is 31.1 Å². The van der Waals surface area contributed by atoms with Crippen molar-refractivity contribution in [2.75, 3.05) is 40.4 Å². The van der Waals surface area contributed by atoms with Gasteiger partial charge in [-0.15, -0.1) is 11.3 Å². The van der Waals surface area contributed by atoms with Crippen LogP contribution in [0.3, 0.4) is 0 Å². The number of ether oxygens (including phenoxy) is 1. The molecule has 15 heteroatoms. The Morgan fingerprint density at radius 2 is 2.09 bits per heavy atom. The topological polar surface area (TPSA) is 124 Å². The van der Waals surface area contributed by atoms with Crippen molar-refractivity contribution >= 4 is 17.2 Å². The standard InChI is InChI=1S/C20H31F5N6O3S/c1-27-13(7-15(28-2)20(23,24)25)19(33)31-5-6-34-10-11(31)8-29-9-12-3-4-14(35-12)17(26)30-18(32)16(21)22/h3-4,7,11,15-18,27-30,32H,5-6,8-10,26H2,1-2H3/b13-7-. The van der Waals surface area contributed by atoms with Gasteiger partial charge in [-0.2, -0.15) is 13.2 Å². The Bertz CT molecular complexity index is 840. The number of halogens is 5. The number of thiophene rings is 1. The first-order valence-corrected chi connectivity index (χ1v) is 11.6. The van der Waals surface area contributed by atoms with Crippen LogP contribution in [0, 0.1) is 0 Å². The van der Waals surface area contributed by atoms with Gasteiger partial charge >= 0.3 is 6.18 Å². The van der Waals surface area contributed by atoms with Crippen molar-refractivity contribution in [1.82, 2.24) is 26.2 Å². The second-order valence-corrected chi connectivity index (χ2v) is 8.92. The summed E-state index contributed by atoms with van der Waals surface area (Å²) >= 11 is 1.26. The molecule has 2 heterocycles. The average molecular weight is 531 g/mol. The molecule has 1 amide bonds. The number of alkyl halides is 5. The van der Waals surface area contributed by atoms with Crippen LogP contribution in [-0.4, -0.2) is 87.2 Å². The first-order chi connectivity index (χ1) is 16.5. The number of morpholine rings is 1. The van der Waals surface area contributed by atoms with E-state index in [-0.39, 0.29) is 25.5 Å². The lowest BCUT2D eigenvalue weighted by molar-refractivity contribution is -0.143. The largest absolute Gasteiger partial charge is 0.407 e. The predicted molar refractivity (Wildman–Crippen MR) is 120 cm³/mol. The number of nitrogens with two attached hydrogens (primary N) is 1. The molecule has 9 nitrogen and oxygen atoms in total. The highest BCUT2D eigenvalue weighted by molar-refractivity contribution is 7.12. The summed E-state index contributed by atoms with van der Waals surface area (Å²) in [4.78, 5) is 15.8. The molecule has 0 saturated carbocycles. The highest BCUT2D eigenvalue weighted by Gasteiger charge is 2.38. The summed E-state index contributed by atoms with van der Waals surface area (Å²) in [7, 11) is 2.54. The number of likely N-dealkylation sites (N-methyl/N-ethyl adjacent to an activating group) is 2. The third kappa shape index (κ3) is 8.63. The minimum atomic E-state index is -4.56. The molecule has 200 valence electrons. The predicted octanol–water partition coefficient (Wildman–Crippen LogP) is 0.449. The fourth-order valence-corrected chi connectivity index (χ4v) is 4.32. The lowest BCUT2D eigenvalue weighted by Crippen LogP contribution is -2.54. The van der Waals surface area contributed by atoms with Crippen LogP contribution in [0.4, 0.5) is 22.0 Å². The van der Waals surface area contributed by atoms with Gasteiger partial charge < -0.3 is 36.4 Å². The zero-order valence-electron chi connectivity index (χ0n) is 19.2. The van der Waals surface area contributed by atoms with Crippen LogP contribution in [0.15, 0.2) is 23.9 Å². The van der Waals surface area contributed by atoms with E-state index in [1.165, 1.54) is 23.3 Å². The molecule has 2 rings (SSSR count). The Kier molecular flexibility index (Phi) is 11.3. The Balaban J connectivity index is 1.98. The number of nitrogens with zero attached hydrogens (tertiary/aromatic N) is 1. The summed E-state index contributed by atoms with van der Waals surface area (Å²) in [5, 5.41) is 19.3. The van der Waals surface area contributed by atoms with E-state index in [1.807, 2.05) is 0 Å². The molecular weight excluding hydrogens is 499 g/mol. The monoisotopic (exact) mass is 530 g/mol. The molecular formula is C20H31F5N6O3S. The molecule has 0 spiro atoms. The highest BCUT2D eigenvalue weighted by atomic mass is 32.1. The average Bonchev–Trinajstić information content (AvgIpc) is 3.28. The summed E-state index contributed by atoms with van der Waals surface area (Å²) in [6.07, 6.45) is -9.72. The minimum absolute atomic E-state index is 0.177. The molecule has 35 heavy (non-hydrogen) atoms. The zero-order chi connectivity index (χ0) is 26.2. The molecule has 1 aromatic rings. The smallest absolute Gasteiger partial charge is 0.384 e. The van der Waals surface area contributed by atoms with Gasteiger partial charge in [0.1, 0.15) is 6.04 Å². The molecule has 1 aliphatic heterocycles. The molecule has 4 atom stereocenters. The molecule has 0 radical (unpaired) electrons. The summed E-state index contributed by atoms with van der Waals surface area (Å²) in [6, 6.07) is 0.999. The van der Waals surface area contributed by atoms with Crippen molar-refractivity contribution in [2.24, 2.45) is 5.73 Å². The van der Waals surface area contributed by atoms with Crippen molar-refractivity contribution in [2.45, 2.75) is 43.6 Å². The summed E-state index contributed by atoms with van der Waals surface area (Å²) in [6.45, 7) is 1.37. The normalized spacial score (nSPS) is 20.1. The zero-order valence-corrected chi connectivity index (χ0v) is 20.1. The van der Waals surface area contributed by atoms with E-state index in [0.717, 1.165) is 18.0 Å². The SMILES string of the molecule is CN/C(=C\C(NC)C(F)(F)F)C(=O)N1CCOCC1CNCc1ccc(C(N)NC(O)C(F)F)s1. The van der Waals surface area contributed by atoms with Gasteiger partial charge in [0.2, 0.25) is 0 Å². The van der Waals surface area contributed by atoms with Crippen molar-refractivity contribution in [3.63, 3.8) is 0 Å². The minimum Gasteiger partial charge on any atom is -0.384 e. The van der Waals surface area contributed by atoms with Crippen molar-refractivity contribution in [3.05, 3.63) is 33.7 Å². The van der Waals surface area contributed by atoms with E-state index in [1.54, 1.807) is 12.1 Å². The number of nitrogens with one attached hydrogen (secondary N) is 4.